The van der Waals surface area contributed by atoms with Crippen LogP contribution >= 0.6 is 0 Å². The van der Waals surface area contributed by atoms with Gasteiger partial charge in [-0.25, -0.2) is 13.1 Å². The molecule has 0 fully saturated rings. The lowest BCUT2D eigenvalue weighted by molar-refractivity contribution is -0.117. The van der Waals surface area contributed by atoms with E-state index >= 15 is 0 Å². The van der Waals surface area contributed by atoms with Crippen LogP contribution in [0.25, 0.3) is 0 Å². The topological polar surface area (TPSA) is 76.4 Å². The SMILES string of the molecule is CC(=O)NS(=O)(=O)c1cc(C)oc1C. The minimum atomic E-state index is -3.76. The molecule has 5 nitrogen and oxygen atoms in total. The third kappa shape index (κ3) is 2.14. The second-order valence-electron chi connectivity index (χ2n) is 2.94. The summed E-state index contributed by atoms with van der Waals surface area (Å²) in [6.07, 6.45) is 0. The van der Waals surface area contributed by atoms with Crippen molar-refractivity contribution < 1.29 is 17.6 Å². The zero-order valence-corrected chi connectivity index (χ0v) is 8.94. The van der Waals surface area contributed by atoms with E-state index < -0.39 is 15.9 Å². The number of aryl methyl sites for hydroxylation is 2. The van der Waals surface area contributed by atoms with Gasteiger partial charge in [0.25, 0.3) is 10.0 Å². The molecule has 0 spiro atoms. The first-order valence-corrected chi connectivity index (χ1v) is 5.41. The Hall–Kier alpha value is -1.30. The number of hydrogen-bond donors (Lipinski definition) is 1. The quantitative estimate of drug-likeness (QED) is 0.792. The summed E-state index contributed by atoms with van der Waals surface area (Å²) < 4.78 is 29.9. The first-order chi connectivity index (χ1) is 6.33. The predicted molar refractivity (Wildman–Crippen MR) is 49.2 cm³/mol. The van der Waals surface area contributed by atoms with Crippen molar-refractivity contribution in [3.63, 3.8) is 0 Å². The van der Waals surface area contributed by atoms with Gasteiger partial charge in [-0.1, -0.05) is 0 Å². The van der Waals surface area contributed by atoms with E-state index in [0.29, 0.717) is 5.76 Å². The van der Waals surface area contributed by atoms with Crippen LogP contribution in [-0.4, -0.2) is 14.3 Å². The van der Waals surface area contributed by atoms with Gasteiger partial charge in [0.05, 0.1) is 0 Å². The second-order valence-corrected chi connectivity index (χ2v) is 4.59. The Balaban J connectivity index is 3.16. The lowest BCUT2D eigenvalue weighted by atomic mass is 10.4. The van der Waals surface area contributed by atoms with Crippen LogP contribution in [0.2, 0.25) is 0 Å². The van der Waals surface area contributed by atoms with Gasteiger partial charge in [0.15, 0.2) is 0 Å². The summed E-state index contributed by atoms with van der Waals surface area (Å²) in [7, 11) is -3.76. The number of furan rings is 1. The first-order valence-electron chi connectivity index (χ1n) is 3.93. The Morgan fingerprint density at radius 1 is 1.43 bits per heavy atom. The third-order valence-corrected chi connectivity index (χ3v) is 3.10. The fourth-order valence-corrected chi connectivity index (χ4v) is 2.35. The molecule has 1 rings (SSSR count). The van der Waals surface area contributed by atoms with Gasteiger partial charge in [-0.05, 0) is 13.8 Å². The molecule has 6 heteroatoms. The lowest BCUT2D eigenvalue weighted by Gasteiger charge is -2.01. The average Bonchev–Trinajstić information content (AvgIpc) is 2.27. The second kappa shape index (κ2) is 3.45. The van der Waals surface area contributed by atoms with E-state index in [0.717, 1.165) is 6.92 Å². The monoisotopic (exact) mass is 217 g/mol. The Labute approximate surface area is 82.2 Å². The maximum absolute atomic E-state index is 11.5. The highest BCUT2D eigenvalue weighted by Crippen LogP contribution is 2.18. The Bertz CT molecular complexity index is 458. The smallest absolute Gasteiger partial charge is 0.267 e. The molecule has 14 heavy (non-hydrogen) atoms. The molecule has 0 aliphatic rings. The Morgan fingerprint density at radius 3 is 2.36 bits per heavy atom. The van der Waals surface area contributed by atoms with Crippen LogP contribution in [0.4, 0.5) is 0 Å². The molecule has 1 heterocycles. The normalized spacial score (nSPS) is 11.4. The van der Waals surface area contributed by atoms with E-state index in [2.05, 4.69) is 0 Å². The molecule has 0 atom stereocenters. The van der Waals surface area contributed by atoms with Crippen molar-refractivity contribution in [1.29, 1.82) is 0 Å². The fourth-order valence-electron chi connectivity index (χ4n) is 1.12. The van der Waals surface area contributed by atoms with Crippen molar-refractivity contribution in [2.24, 2.45) is 0 Å². The zero-order chi connectivity index (χ0) is 10.9. The van der Waals surface area contributed by atoms with Crippen LogP contribution in [0.15, 0.2) is 15.4 Å². The molecule has 0 bridgehead atoms. The van der Waals surface area contributed by atoms with Gasteiger partial charge < -0.3 is 4.42 Å². The molecular formula is C8H11NO4S. The number of sulfonamides is 1. The molecule has 1 aromatic heterocycles. The summed E-state index contributed by atoms with van der Waals surface area (Å²) in [6.45, 7) is 4.31. The Kier molecular flexibility index (Phi) is 2.66. The minimum Gasteiger partial charge on any atom is -0.465 e. The van der Waals surface area contributed by atoms with E-state index in [1.807, 2.05) is 4.72 Å². The van der Waals surface area contributed by atoms with Crippen LogP contribution in [0.1, 0.15) is 18.4 Å². The van der Waals surface area contributed by atoms with Crippen LogP contribution in [-0.2, 0) is 14.8 Å². The average molecular weight is 217 g/mol. The van der Waals surface area contributed by atoms with Crippen molar-refractivity contribution in [1.82, 2.24) is 4.72 Å². The lowest BCUT2D eigenvalue weighted by Crippen LogP contribution is -2.28. The number of amides is 1. The summed E-state index contributed by atoms with van der Waals surface area (Å²) in [5, 5.41) is 0. The van der Waals surface area contributed by atoms with Gasteiger partial charge in [-0.2, -0.15) is 0 Å². The van der Waals surface area contributed by atoms with E-state index in [1.54, 1.807) is 6.92 Å². The highest BCUT2D eigenvalue weighted by molar-refractivity contribution is 7.90. The summed E-state index contributed by atoms with van der Waals surface area (Å²) >= 11 is 0. The zero-order valence-electron chi connectivity index (χ0n) is 8.12. The molecule has 0 saturated carbocycles. The van der Waals surface area contributed by atoms with E-state index in [-0.39, 0.29) is 10.7 Å². The van der Waals surface area contributed by atoms with Gasteiger partial charge in [0.2, 0.25) is 5.91 Å². The fraction of sp³-hybridized carbons (Fsp3) is 0.375. The number of nitrogens with one attached hydrogen (secondary N) is 1. The predicted octanol–water partition coefficient (Wildman–Crippen LogP) is 0.721. The van der Waals surface area contributed by atoms with Crippen LogP contribution in [0.3, 0.4) is 0 Å². The number of carbonyl (C=O) groups excluding carboxylic acids is 1. The minimum absolute atomic E-state index is 0.00481. The van der Waals surface area contributed by atoms with Gasteiger partial charge in [-0.3, -0.25) is 4.79 Å². The van der Waals surface area contributed by atoms with Gasteiger partial charge >= 0.3 is 0 Å². The summed E-state index contributed by atoms with van der Waals surface area (Å²) in [5.41, 5.74) is 0. The highest BCUT2D eigenvalue weighted by Gasteiger charge is 2.21. The maximum Gasteiger partial charge on any atom is 0.267 e. The largest absolute Gasteiger partial charge is 0.465 e. The molecule has 1 amide bonds. The van der Waals surface area contributed by atoms with Gasteiger partial charge in [-0.15, -0.1) is 0 Å². The van der Waals surface area contributed by atoms with Crippen molar-refractivity contribution in [2.75, 3.05) is 0 Å². The number of carbonyl (C=O) groups is 1. The van der Waals surface area contributed by atoms with E-state index in [9.17, 15) is 13.2 Å². The summed E-state index contributed by atoms with van der Waals surface area (Å²) in [5.74, 6) is 0.144. The highest BCUT2D eigenvalue weighted by atomic mass is 32.2. The van der Waals surface area contributed by atoms with Crippen LogP contribution in [0, 0.1) is 13.8 Å². The molecule has 1 aromatic rings. The van der Waals surface area contributed by atoms with E-state index in [4.69, 9.17) is 4.42 Å². The third-order valence-electron chi connectivity index (χ3n) is 1.56. The Morgan fingerprint density at radius 2 is 2.00 bits per heavy atom. The van der Waals surface area contributed by atoms with Crippen molar-refractivity contribution in [2.45, 2.75) is 25.7 Å². The maximum atomic E-state index is 11.5. The first kappa shape index (κ1) is 10.8. The van der Waals surface area contributed by atoms with Gasteiger partial charge in [0, 0.05) is 13.0 Å². The standard InChI is InChI=1S/C8H11NO4S/c1-5-4-8(6(2)13-5)14(11,12)9-7(3)10/h4H,1-3H3,(H,9,10). The molecule has 0 aliphatic heterocycles. The van der Waals surface area contributed by atoms with Crippen molar-refractivity contribution >= 4 is 15.9 Å². The molecular weight excluding hydrogens is 206 g/mol. The summed E-state index contributed by atoms with van der Waals surface area (Å²) in [4.78, 5) is 10.6. The molecule has 0 aliphatic carbocycles. The van der Waals surface area contributed by atoms with Crippen molar-refractivity contribution in [3.05, 3.63) is 17.6 Å². The molecule has 78 valence electrons. The number of rotatable bonds is 2. The molecule has 0 saturated heterocycles. The summed E-state index contributed by atoms with van der Waals surface area (Å²) in [6, 6.07) is 1.38. The van der Waals surface area contributed by atoms with Crippen LogP contribution < -0.4 is 4.72 Å². The van der Waals surface area contributed by atoms with Crippen molar-refractivity contribution in [3.8, 4) is 0 Å². The molecule has 1 N–H and O–H groups in total. The molecule has 0 radical (unpaired) electrons. The van der Waals surface area contributed by atoms with E-state index in [1.165, 1.54) is 13.0 Å². The van der Waals surface area contributed by atoms with Gasteiger partial charge in [0.1, 0.15) is 16.4 Å². The number of hydrogen-bond acceptors (Lipinski definition) is 4. The molecule has 0 unspecified atom stereocenters. The molecule has 0 aromatic carbocycles. The van der Waals surface area contributed by atoms with Crippen LogP contribution in [0.5, 0.6) is 0 Å².